The minimum absolute atomic E-state index is 0.298. The summed E-state index contributed by atoms with van der Waals surface area (Å²) in [5.41, 5.74) is 4.25. The average molecular weight is 377 g/mol. The minimum Gasteiger partial charge on any atom is -0.390 e. The van der Waals surface area contributed by atoms with E-state index in [9.17, 15) is 5.11 Å². The number of aromatic amines is 1. The normalized spacial score (nSPS) is 22.8. The number of nitrogens with zero attached hydrogens (tertiary/aromatic N) is 5. The van der Waals surface area contributed by atoms with Gasteiger partial charge in [0, 0.05) is 36.4 Å². The third-order valence-electron chi connectivity index (χ3n) is 5.75. The van der Waals surface area contributed by atoms with Gasteiger partial charge in [0.15, 0.2) is 0 Å². The summed E-state index contributed by atoms with van der Waals surface area (Å²) in [4.78, 5) is 12.4. The van der Waals surface area contributed by atoms with Crippen molar-refractivity contribution >= 4 is 28.0 Å². The zero-order chi connectivity index (χ0) is 19.3. The number of nitrogens with one attached hydrogen (secondary N) is 2. The molecule has 5 rings (SSSR count). The van der Waals surface area contributed by atoms with E-state index in [0.29, 0.717) is 12.0 Å². The molecule has 0 spiro atoms. The van der Waals surface area contributed by atoms with Crippen LogP contribution in [-0.2, 0) is 7.05 Å². The molecule has 1 saturated carbocycles. The van der Waals surface area contributed by atoms with E-state index >= 15 is 0 Å². The molecule has 0 aliphatic heterocycles. The Bertz CT molecular complexity index is 1150. The van der Waals surface area contributed by atoms with Crippen LogP contribution in [0.15, 0.2) is 30.6 Å². The van der Waals surface area contributed by atoms with Gasteiger partial charge in [-0.05, 0) is 50.3 Å². The van der Waals surface area contributed by atoms with E-state index in [1.807, 2.05) is 38.5 Å². The molecule has 3 N–H and O–H groups in total. The van der Waals surface area contributed by atoms with Crippen LogP contribution in [-0.4, -0.2) is 46.7 Å². The number of anilines is 1. The molecule has 1 fully saturated rings. The van der Waals surface area contributed by atoms with Crippen LogP contribution in [0, 0.1) is 0 Å². The summed E-state index contributed by atoms with van der Waals surface area (Å²) in [5.74, 6) is 0.624. The van der Waals surface area contributed by atoms with E-state index in [2.05, 4.69) is 36.6 Å². The number of aromatic nitrogens is 6. The predicted octanol–water partition coefficient (Wildman–Crippen LogP) is 3.01. The predicted molar refractivity (Wildman–Crippen MR) is 108 cm³/mol. The Hall–Kier alpha value is -3.00. The Morgan fingerprint density at radius 2 is 2.11 bits per heavy atom. The van der Waals surface area contributed by atoms with E-state index in [0.717, 1.165) is 58.9 Å². The summed E-state index contributed by atoms with van der Waals surface area (Å²) in [6, 6.07) is 6.40. The van der Waals surface area contributed by atoms with Gasteiger partial charge >= 0.3 is 0 Å². The van der Waals surface area contributed by atoms with Gasteiger partial charge in [-0.15, -0.1) is 5.10 Å². The standard InChI is InChI=1S/C20H23N7O/c1-20(28)7-5-13(6-8-20)23-19-22-11-15-14(10-21-18(15)24-19)12-3-4-16-17(9-12)27(2)26-25-16/h3-4,9-11,13,28H,5-8H2,1-2H3,(H2,21,22,23,24)/t13-,20-. The molecule has 0 atom stereocenters. The summed E-state index contributed by atoms with van der Waals surface area (Å²) in [6.07, 6.45) is 7.26. The van der Waals surface area contributed by atoms with Gasteiger partial charge in [-0.3, -0.25) is 0 Å². The van der Waals surface area contributed by atoms with Gasteiger partial charge in [0.2, 0.25) is 5.95 Å². The SMILES string of the molecule is Cn1nnc2ccc(-c3c[nH]c4nc(N[C@H]5CC[C@](C)(O)CC5)ncc34)cc21. The molecule has 144 valence electrons. The number of aliphatic hydroxyl groups is 1. The molecule has 8 heteroatoms. The third-order valence-corrected chi connectivity index (χ3v) is 5.75. The second-order valence-corrected chi connectivity index (χ2v) is 7.99. The van der Waals surface area contributed by atoms with Crippen molar-refractivity contribution in [3.8, 4) is 11.1 Å². The van der Waals surface area contributed by atoms with Crippen LogP contribution < -0.4 is 5.32 Å². The lowest BCUT2D eigenvalue weighted by molar-refractivity contribution is 0.0196. The lowest BCUT2D eigenvalue weighted by atomic mass is 9.84. The van der Waals surface area contributed by atoms with Gasteiger partial charge in [0.1, 0.15) is 11.2 Å². The van der Waals surface area contributed by atoms with Crippen LogP contribution in [0.1, 0.15) is 32.6 Å². The van der Waals surface area contributed by atoms with Gasteiger partial charge < -0.3 is 15.4 Å². The molecule has 8 nitrogen and oxygen atoms in total. The Morgan fingerprint density at radius 3 is 2.93 bits per heavy atom. The van der Waals surface area contributed by atoms with E-state index in [1.54, 1.807) is 4.68 Å². The molecule has 0 radical (unpaired) electrons. The molecule has 1 aromatic carbocycles. The average Bonchev–Trinajstić information content (AvgIpc) is 3.27. The quantitative estimate of drug-likeness (QED) is 0.507. The van der Waals surface area contributed by atoms with Crippen molar-refractivity contribution in [2.45, 2.75) is 44.2 Å². The number of hydrogen-bond donors (Lipinski definition) is 3. The topological polar surface area (TPSA) is 105 Å². The van der Waals surface area contributed by atoms with Crippen molar-refractivity contribution in [1.29, 1.82) is 0 Å². The molecular formula is C20H23N7O. The molecule has 0 saturated heterocycles. The Balaban J connectivity index is 1.42. The molecule has 0 unspecified atom stereocenters. The van der Waals surface area contributed by atoms with Crippen LogP contribution in [0.4, 0.5) is 5.95 Å². The van der Waals surface area contributed by atoms with Crippen LogP contribution in [0.5, 0.6) is 0 Å². The van der Waals surface area contributed by atoms with E-state index in [1.165, 1.54) is 0 Å². The molecule has 3 aromatic heterocycles. The highest BCUT2D eigenvalue weighted by Crippen LogP contribution is 2.31. The molecule has 0 bridgehead atoms. The van der Waals surface area contributed by atoms with Crippen molar-refractivity contribution in [3.63, 3.8) is 0 Å². The Labute approximate surface area is 162 Å². The second-order valence-electron chi connectivity index (χ2n) is 7.99. The van der Waals surface area contributed by atoms with Crippen molar-refractivity contribution < 1.29 is 5.11 Å². The van der Waals surface area contributed by atoms with Crippen LogP contribution in [0.3, 0.4) is 0 Å². The molecule has 3 heterocycles. The zero-order valence-corrected chi connectivity index (χ0v) is 16.0. The molecular weight excluding hydrogens is 354 g/mol. The number of rotatable bonds is 3. The highest BCUT2D eigenvalue weighted by Gasteiger charge is 2.28. The van der Waals surface area contributed by atoms with Crippen molar-refractivity contribution in [2.24, 2.45) is 7.05 Å². The lowest BCUT2D eigenvalue weighted by Crippen LogP contribution is -2.36. The largest absolute Gasteiger partial charge is 0.390 e. The van der Waals surface area contributed by atoms with Gasteiger partial charge in [0.25, 0.3) is 0 Å². The molecule has 1 aliphatic carbocycles. The molecule has 28 heavy (non-hydrogen) atoms. The maximum atomic E-state index is 10.1. The van der Waals surface area contributed by atoms with Gasteiger partial charge in [-0.1, -0.05) is 11.3 Å². The maximum Gasteiger partial charge on any atom is 0.224 e. The summed E-state index contributed by atoms with van der Waals surface area (Å²) in [5, 5.41) is 22.7. The van der Waals surface area contributed by atoms with E-state index in [4.69, 9.17) is 0 Å². The number of benzene rings is 1. The van der Waals surface area contributed by atoms with Crippen molar-refractivity contribution in [1.82, 2.24) is 29.9 Å². The first-order chi connectivity index (χ1) is 13.5. The number of hydrogen-bond acceptors (Lipinski definition) is 6. The van der Waals surface area contributed by atoms with Gasteiger partial charge in [-0.2, -0.15) is 4.98 Å². The first-order valence-corrected chi connectivity index (χ1v) is 9.61. The summed E-state index contributed by atoms with van der Waals surface area (Å²) < 4.78 is 1.77. The molecule has 0 amide bonds. The molecule has 1 aliphatic rings. The monoisotopic (exact) mass is 377 g/mol. The van der Waals surface area contributed by atoms with Crippen LogP contribution >= 0.6 is 0 Å². The number of aryl methyl sites for hydroxylation is 1. The highest BCUT2D eigenvalue weighted by molar-refractivity contribution is 5.95. The summed E-state index contributed by atoms with van der Waals surface area (Å²) in [7, 11) is 1.89. The first kappa shape index (κ1) is 17.1. The van der Waals surface area contributed by atoms with Crippen molar-refractivity contribution in [2.75, 3.05) is 5.32 Å². The lowest BCUT2D eigenvalue weighted by Gasteiger charge is -2.33. The zero-order valence-electron chi connectivity index (χ0n) is 16.0. The summed E-state index contributed by atoms with van der Waals surface area (Å²) in [6.45, 7) is 1.91. The van der Waals surface area contributed by atoms with Gasteiger partial charge in [0.05, 0.1) is 11.1 Å². The van der Waals surface area contributed by atoms with Crippen molar-refractivity contribution in [3.05, 3.63) is 30.6 Å². The van der Waals surface area contributed by atoms with Crippen LogP contribution in [0.2, 0.25) is 0 Å². The Morgan fingerprint density at radius 1 is 1.29 bits per heavy atom. The van der Waals surface area contributed by atoms with Crippen LogP contribution in [0.25, 0.3) is 33.2 Å². The fourth-order valence-corrected chi connectivity index (χ4v) is 3.98. The van der Waals surface area contributed by atoms with E-state index < -0.39 is 5.60 Å². The highest BCUT2D eigenvalue weighted by atomic mass is 16.3. The smallest absolute Gasteiger partial charge is 0.224 e. The van der Waals surface area contributed by atoms with Gasteiger partial charge in [-0.25, -0.2) is 9.67 Å². The summed E-state index contributed by atoms with van der Waals surface area (Å²) >= 11 is 0. The number of fused-ring (bicyclic) bond motifs is 2. The second kappa shape index (κ2) is 6.27. The fourth-order valence-electron chi connectivity index (χ4n) is 3.98. The number of H-pyrrole nitrogens is 1. The Kier molecular flexibility index (Phi) is 3.83. The van der Waals surface area contributed by atoms with E-state index in [-0.39, 0.29) is 0 Å². The maximum absolute atomic E-state index is 10.1. The third kappa shape index (κ3) is 2.99. The molecule has 4 aromatic rings. The fraction of sp³-hybridized carbons (Fsp3) is 0.400. The minimum atomic E-state index is -0.540. The first-order valence-electron chi connectivity index (χ1n) is 9.61.